The maximum atomic E-state index is 11.9. The summed E-state index contributed by atoms with van der Waals surface area (Å²) in [4.78, 5) is 16.0. The van der Waals surface area contributed by atoms with E-state index in [0.717, 1.165) is 0 Å². The highest BCUT2D eigenvalue weighted by Crippen LogP contribution is 2.17. The Kier molecular flexibility index (Phi) is 3.21. The van der Waals surface area contributed by atoms with Crippen LogP contribution in [0, 0.1) is 0 Å². The second-order valence-electron chi connectivity index (χ2n) is 3.00. The van der Waals surface area contributed by atoms with E-state index < -0.39 is 0 Å². The minimum absolute atomic E-state index is 0.182. The van der Waals surface area contributed by atoms with Gasteiger partial charge in [-0.2, -0.15) is 5.10 Å². The number of aromatic nitrogens is 3. The van der Waals surface area contributed by atoms with Gasteiger partial charge in [0.25, 0.3) is 5.91 Å². The van der Waals surface area contributed by atoms with Crippen molar-refractivity contribution in [1.29, 1.82) is 0 Å². The molecule has 2 heterocycles. The van der Waals surface area contributed by atoms with Crippen molar-refractivity contribution in [3.8, 4) is 0 Å². The van der Waals surface area contributed by atoms with Crippen LogP contribution >= 0.6 is 11.8 Å². The average Bonchev–Trinajstić information content (AvgIpc) is 2.81. The van der Waals surface area contributed by atoms with Crippen molar-refractivity contribution in [3.05, 3.63) is 36.3 Å². The molecule has 0 saturated carbocycles. The van der Waals surface area contributed by atoms with Gasteiger partial charge in [-0.05, 0) is 18.4 Å². The Morgan fingerprint density at radius 2 is 2.44 bits per heavy atom. The van der Waals surface area contributed by atoms with Crippen molar-refractivity contribution in [2.24, 2.45) is 0 Å². The predicted molar refractivity (Wildman–Crippen MR) is 62.6 cm³/mol. The zero-order chi connectivity index (χ0) is 11.4. The summed E-state index contributed by atoms with van der Waals surface area (Å²) >= 11 is 1.44. The molecule has 16 heavy (non-hydrogen) atoms. The van der Waals surface area contributed by atoms with Gasteiger partial charge in [0, 0.05) is 12.4 Å². The molecule has 82 valence electrons. The Hall–Kier alpha value is -1.82. The van der Waals surface area contributed by atoms with Gasteiger partial charge in [-0.3, -0.25) is 9.89 Å². The fraction of sp³-hybridized carbons (Fsp3) is 0.100. The molecule has 0 aliphatic carbocycles. The maximum Gasteiger partial charge on any atom is 0.258 e. The third kappa shape index (κ3) is 2.22. The van der Waals surface area contributed by atoms with E-state index in [4.69, 9.17) is 0 Å². The fourth-order valence-corrected chi connectivity index (χ4v) is 1.79. The first-order valence-electron chi connectivity index (χ1n) is 4.60. The molecule has 2 rings (SSSR count). The number of H-pyrrole nitrogens is 1. The standard InChI is InChI=1S/C10H10N4OS/c1-16-10-8(3-2-4-11-10)9(15)14-7-5-12-13-6-7/h2-6H,1H3,(H,12,13)(H,14,15). The van der Waals surface area contributed by atoms with Crippen molar-refractivity contribution >= 4 is 23.4 Å². The number of hydrogen-bond donors (Lipinski definition) is 2. The summed E-state index contributed by atoms with van der Waals surface area (Å²) in [6.07, 6.45) is 6.72. The molecule has 1 amide bonds. The highest BCUT2D eigenvalue weighted by molar-refractivity contribution is 7.98. The van der Waals surface area contributed by atoms with E-state index in [1.165, 1.54) is 11.8 Å². The van der Waals surface area contributed by atoms with Gasteiger partial charge in [-0.25, -0.2) is 4.98 Å². The van der Waals surface area contributed by atoms with Crippen LogP contribution in [-0.4, -0.2) is 27.3 Å². The van der Waals surface area contributed by atoms with E-state index in [0.29, 0.717) is 16.3 Å². The molecule has 0 aliphatic rings. The zero-order valence-electron chi connectivity index (χ0n) is 8.60. The van der Waals surface area contributed by atoms with Crippen molar-refractivity contribution in [3.63, 3.8) is 0 Å². The number of hydrogen-bond acceptors (Lipinski definition) is 4. The Balaban J connectivity index is 2.21. The van der Waals surface area contributed by atoms with Gasteiger partial charge >= 0.3 is 0 Å². The van der Waals surface area contributed by atoms with Gasteiger partial charge in [0.1, 0.15) is 5.03 Å². The number of aromatic amines is 1. The number of thioether (sulfide) groups is 1. The van der Waals surface area contributed by atoms with Crippen LogP contribution in [0.25, 0.3) is 0 Å². The smallest absolute Gasteiger partial charge is 0.258 e. The van der Waals surface area contributed by atoms with Gasteiger partial charge < -0.3 is 5.32 Å². The van der Waals surface area contributed by atoms with E-state index in [1.54, 1.807) is 30.7 Å². The molecule has 0 fully saturated rings. The summed E-state index contributed by atoms with van der Waals surface area (Å²) in [6, 6.07) is 3.48. The lowest BCUT2D eigenvalue weighted by atomic mass is 10.2. The van der Waals surface area contributed by atoms with Crippen LogP contribution in [0.1, 0.15) is 10.4 Å². The van der Waals surface area contributed by atoms with Crippen LogP contribution in [-0.2, 0) is 0 Å². The van der Waals surface area contributed by atoms with Crippen molar-refractivity contribution in [2.75, 3.05) is 11.6 Å². The topological polar surface area (TPSA) is 70.7 Å². The fourth-order valence-electron chi connectivity index (χ4n) is 1.24. The van der Waals surface area contributed by atoms with Crippen LogP contribution in [0.4, 0.5) is 5.69 Å². The van der Waals surface area contributed by atoms with Crippen molar-refractivity contribution in [2.45, 2.75) is 5.03 Å². The Morgan fingerprint density at radius 1 is 1.56 bits per heavy atom. The largest absolute Gasteiger partial charge is 0.319 e. The van der Waals surface area contributed by atoms with Gasteiger partial charge in [-0.1, -0.05) is 0 Å². The summed E-state index contributed by atoms with van der Waals surface area (Å²) in [6.45, 7) is 0. The van der Waals surface area contributed by atoms with Crippen molar-refractivity contribution < 1.29 is 4.79 Å². The van der Waals surface area contributed by atoms with Gasteiger partial charge in [0.2, 0.25) is 0 Å². The molecule has 2 aromatic rings. The lowest BCUT2D eigenvalue weighted by molar-refractivity contribution is 0.102. The number of carbonyl (C=O) groups excluding carboxylic acids is 1. The van der Waals surface area contributed by atoms with E-state index in [9.17, 15) is 4.79 Å². The lowest BCUT2D eigenvalue weighted by Gasteiger charge is -2.05. The summed E-state index contributed by atoms with van der Waals surface area (Å²) in [5.41, 5.74) is 1.21. The zero-order valence-corrected chi connectivity index (χ0v) is 9.41. The van der Waals surface area contributed by atoms with Crippen LogP contribution < -0.4 is 5.32 Å². The molecule has 2 N–H and O–H groups in total. The monoisotopic (exact) mass is 234 g/mol. The minimum atomic E-state index is -0.182. The van der Waals surface area contributed by atoms with Crippen LogP contribution in [0.3, 0.4) is 0 Å². The van der Waals surface area contributed by atoms with E-state index >= 15 is 0 Å². The summed E-state index contributed by atoms with van der Waals surface area (Å²) in [5.74, 6) is -0.182. The lowest BCUT2D eigenvalue weighted by Crippen LogP contribution is -2.13. The molecule has 6 heteroatoms. The number of pyridine rings is 1. The molecule has 5 nitrogen and oxygen atoms in total. The van der Waals surface area contributed by atoms with Crippen LogP contribution in [0.5, 0.6) is 0 Å². The number of carbonyl (C=O) groups is 1. The van der Waals surface area contributed by atoms with Gasteiger partial charge in [0.15, 0.2) is 0 Å². The second kappa shape index (κ2) is 4.80. The van der Waals surface area contributed by atoms with Crippen LogP contribution in [0.15, 0.2) is 35.7 Å². The van der Waals surface area contributed by atoms with Crippen LogP contribution in [0.2, 0.25) is 0 Å². The van der Waals surface area contributed by atoms with Gasteiger partial charge in [0.05, 0.1) is 17.4 Å². The number of rotatable bonds is 3. The molecule has 0 bridgehead atoms. The predicted octanol–water partition coefficient (Wildman–Crippen LogP) is 1.78. The quantitative estimate of drug-likeness (QED) is 0.794. The Morgan fingerprint density at radius 3 is 3.12 bits per heavy atom. The Bertz CT molecular complexity index is 483. The number of anilines is 1. The summed E-state index contributed by atoms with van der Waals surface area (Å²) in [5, 5.41) is 9.82. The molecule has 0 unspecified atom stereocenters. The molecule has 0 spiro atoms. The molecule has 0 aliphatic heterocycles. The van der Waals surface area contributed by atoms with Crippen molar-refractivity contribution in [1.82, 2.24) is 15.2 Å². The summed E-state index contributed by atoms with van der Waals surface area (Å²) in [7, 11) is 0. The maximum absolute atomic E-state index is 11.9. The highest BCUT2D eigenvalue weighted by atomic mass is 32.2. The van der Waals surface area contributed by atoms with E-state index in [1.807, 2.05) is 6.26 Å². The number of nitrogens with one attached hydrogen (secondary N) is 2. The van der Waals surface area contributed by atoms with E-state index in [2.05, 4.69) is 20.5 Å². The molecule has 0 radical (unpaired) electrons. The first kappa shape index (κ1) is 10.7. The minimum Gasteiger partial charge on any atom is -0.319 e. The third-order valence-electron chi connectivity index (χ3n) is 1.97. The second-order valence-corrected chi connectivity index (χ2v) is 3.80. The third-order valence-corrected chi connectivity index (χ3v) is 2.68. The number of amides is 1. The SMILES string of the molecule is CSc1ncccc1C(=O)Nc1cn[nH]c1. The highest BCUT2D eigenvalue weighted by Gasteiger charge is 2.11. The van der Waals surface area contributed by atoms with Gasteiger partial charge in [-0.15, -0.1) is 11.8 Å². The first-order chi connectivity index (χ1) is 7.81. The Labute approximate surface area is 96.7 Å². The average molecular weight is 234 g/mol. The molecule has 0 saturated heterocycles. The summed E-state index contributed by atoms with van der Waals surface area (Å²) < 4.78 is 0. The molecule has 0 aromatic carbocycles. The molecule has 0 atom stereocenters. The number of nitrogens with zero attached hydrogens (tertiary/aromatic N) is 2. The molecule has 2 aromatic heterocycles. The normalized spacial score (nSPS) is 10.1. The first-order valence-corrected chi connectivity index (χ1v) is 5.83. The molecular formula is C10H10N4OS. The van der Waals surface area contributed by atoms with E-state index in [-0.39, 0.29) is 5.91 Å². The molecular weight excluding hydrogens is 224 g/mol.